The van der Waals surface area contributed by atoms with E-state index in [0.29, 0.717) is 31.0 Å². The monoisotopic (exact) mass is 444 g/mol. The van der Waals surface area contributed by atoms with Gasteiger partial charge in [-0.05, 0) is 32.9 Å². The minimum absolute atomic E-state index is 0.210. The molecule has 166 valence electrons. The molecular weight excluding hydrogens is 419 g/mol. The molecule has 0 saturated carbocycles. The van der Waals surface area contributed by atoms with Crippen molar-refractivity contribution < 1.29 is 28.2 Å². The molecule has 11 heteroatoms. The molecule has 0 aromatic heterocycles. The minimum Gasteiger partial charge on any atom is -0.489 e. The summed E-state index contributed by atoms with van der Waals surface area (Å²) in [6, 6.07) is 3.40. The van der Waals surface area contributed by atoms with E-state index in [4.69, 9.17) is 21.1 Å². The SMILES string of the molecule is CC(C)(C)NC(=O)OCC(=O)NNC(=O)N1CCC(Oc2cc(F)ccc2Cl)CC1. The van der Waals surface area contributed by atoms with Crippen molar-refractivity contribution in [3.63, 3.8) is 0 Å². The highest BCUT2D eigenvalue weighted by Gasteiger charge is 2.25. The van der Waals surface area contributed by atoms with Crippen molar-refractivity contribution in [1.29, 1.82) is 0 Å². The summed E-state index contributed by atoms with van der Waals surface area (Å²) in [5, 5.41) is 2.86. The van der Waals surface area contributed by atoms with Gasteiger partial charge in [-0.3, -0.25) is 10.2 Å². The van der Waals surface area contributed by atoms with E-state index in [9.17, 15) is 18.8 Å². The average molecular weight is 445 g/mol. The van der Waals surface area contributed by atoms with Crippen molar-refractivity contribution in [2.24, 2.45) is 0 Å². The first kappa shape index (κ1) is 23.5. The highest BCUT2D eigenvalue weighted by Crippen LogP contribution is 2.28. The Balaban J connectivity index is 1.68. The van der Waals surface area contributed by atoms with Gasteiger partial charge in [0.15, 0.2) is 6.61 Å². The number of hydrogen-bond donors (Lipinski definition) is 3. The van der Waals surface area contributed by atoms with Crippen LogP contribution in [-0.4, -0.2) is 54.3 Å². The second kappa shape index (κ2) is 10.3. The Morgan fingerprint density at radius 3 is 2.50 bits per heavy atom. The molecule has 4 amide bonds. The van der Waals surface area contributed by atoms with Gasteiger partial charge in [0.2, 0.25) is 0 Å². The number of piperidine rings is 1. The van der Waals surface area contributed by atoms with Crippen LogP contribution in [0.1, 0.15) is 33.6 Å². The highest BCUT2D eigenvalue weighted by molar-refractivity contribution is 6.32. The Bertz CT molecular complexity index is 779. The number of likely N-dealkylation sites (tertiary alicyclic amines) is 1. The second-order valence-corrected chi connectivity index (χ2v) is 8.22. The van der Waals surface area contributed by atoms with Gasteiger partial charge in [-0.1, -0.05) is 11.6 Å². The number of rotatable bonds is 4. The van der Waals surface area contributed by atoms with Gasteiger partial charge in [0.25, 0.3) is 5.91 Å². The lowest BCUT2D eigenvalue weighted by atomic mass is 10.1. The molecule has 0 aliphatic carbocycles. The molecule has 1 aliphatic heterocycles. The van der Waals surface area contributed by atoms with Crippen LogP contribution in [0.25, 0.3) is 0 Å². The van der Waals surface area contributed by atoms with E-state index >= 15 is 0 Å². The topological polar surface area (TPSA) is 109 Å². The molecule has 30 heavy (non-hydrogen) atoms. The number of hydrogen-bond acceptors (Lipinski definition) is 5. The summed E-state index contributed by atoms with van der Waals surface area (Å²) in [7, 11) is 0. The van der Waals surface area contributed by atoms with E-state index in [0.717, 1.165) is 0 Å². The molecule has 0 radical (unpaired) electrons. The Morgan fingerprint density at radius 1 is 1.20 bits per heavy atom. The van der Waals surface area contributed by atoms with Crippen LogP contribution in [0.3, 0.4) is 0 Å². The molecule has 1 heterocycles. The van der Waals surface area contributed by atoms with Crippen LogP contribution in [0, 0.1) is 5.82 Å². The number of alkyl carbamates (subject to hydrolysis) is 1. The fraction of sp³-hybridized carbons (Fsp3) is 0.526. The lowest BCUT2D eigenvalue weighted by Crippen LogP contribution is -2.52. The summed E-state index contributed by atoms with van der Waals surface area (Å²) in [5.74, 6) is -0.851. The van der Waals surface area contributed by atoms with Crippen molar-refractivity contribution in [1.82, 2.24) is 21.1 Å². The molecule has 0 bridgehead atoms. The van der Waals surface area contributed by atoms with Crippen molar-refractivity contribution in [3.8, 4) is 5.75 Å². The Kier molecular flexibility index (Phi) is 8.10. The largest absolute Gasteiger partial charge is 0.489 e. The molecule has 1 aromatic rings. The molecule has 0 atom stereocenters. The number of ether oxygens (including phenoxy) is 2. The van der Waals surface area contributed by atoms with Crippen LogP contribution in [0.4, 0.5) is 14.0 Å². The second-order valence-electron chi connectivity index (χ2n) is 7.81. The zero-order valence-corrected chi connectivity index (χ0v) is 17.8. The van der Waals surface area contributed by atoms with Crippen LogP contribution in [0.2, 0.25) is 5.02 Å². The van der Waals surface area contributed by atoms with Gasteiger partial charge in [-0.2, -0.15) is 0 Å². The van der Waals surface area contributed by atoms with Gasteiger partial charge in [0.1, 0.15) is 17.7 Å². The van der Waals surface area contributed by atoms with E-state index in [1.54, 1.807) is 20.8 Å². The van der Waals surface area contributed by atoms with E-state index in [1.165, 1.54) is 23.1 Å². The third kappa shape index (κ3) is 7.94. The number of nitrogens with zero attached hydrogens (tertiary/aromatic N) is 1. The standard InChI is InChI=1S/C19H26ClFN4O5/c1-19(2,3)22-18(28)29-11-16(26)23-24-17(27)25-8-6-13(7-9-25)30-15-10-12(21)4-5-14(15)20/h4-5,10,13H,6-9,11H2,1-3H3,(H,22,28)(H,23,26)(H,24,27). The fourth-order valence-corrected chi connectivity index (χ4v) is 2.80. The van der Waals surface area contributed by atoms with Crippen LogP contribution in [0.15, 0.2) is 18.2 Å². The highest BCUT2D eigenvalue weighted by atomic mass is 35.5. The Hall–Kier alpha value is -2.75. The summed E-state index contributed by atoms with van der Waals surface area (Å²) in [6.45, 7) is 5.54. The molecule has 1 aromatic carbocycles. The zero-order chi connectivity index (χ0) is 22.3. The van der Waals surface area contributed by atoms with Gasteiger partial charge in [0, 0.05) is 37.5 Å². The number of benzene rings is 1. The third-order valence-corrected chi connectivity index (χ3v) is 4.35. The first-order chi connectivity index (χ1) is 14.0. The summed E-state index contributed by atoms with van der Waals surface area (Å²) >= 11 is 6.00. The molecule has 9 nitrogen and oxygen atoms in total. The lowest BCUT2D eigenvalue weighted by molar-refractivity contribution is -0.124. The molecule has 1 aliphatic rings. The molecule has 3 N–H and O–H groups in total. The number of halogens is 2. The van der Waals surface area contributed by atoms with Crippen LogP contribution >= 0.6 is 11.6 Å². The Labute approximate surface area is 179 Å². The van der Waals surface area contributed by atoms with Crippen molar-refractivity contribution in [2.45, 2.75) is 45.3 Å². The Morgan fingerprint density at radius 2 is 1.87 bits per heavy atom. The summed E-state index contributed by atoms with van der Waals surface area (Å²) < 4.78 is 23.8. The van der Waals surface area contributed by atoms with E-state index in [2.05, 4.69) is 16.2 Å². The van der Waals surface area contributed by atoms with Crippen LogP contribution in [-0.2, 0) is 9.53 Å². The maximum Gasteiger partial charge on any atom is 0.408 e. The van der Waals surface area contributed by atoms with E-state index < -0.39 is 36.0 Å². The quantitative estimate of drug-likeness (QED) is 0.618. The van der Waals surface area contributed by atoms with Crippen molar-refractivity contribution in [2.75, 3.05) is 19.7 Å². The van der Waals surface area contributed by atoms with Crippen molar-refractivity contribution >= 4 is 29.6 Å². The maximum atomic E-state index is 13.3. The zero-order valence-electron chi connectivity index (χ0n) is 17.1. The van der Waals surface area contributed by atoms with Gasteiger partial charge in [0.05, 0.1) is 5.02 Å². The number of nitrogens with one attached hydrogen (secondary N) is 3. The summed E-state index contributed by atoms with van der Waals surface area (Å²) in [5.41, 5.74) is 3.97. The third-order valence-electron chi connectivity index (χ3n) is 4.04. The molecule has 0 unspecified atom stereocenters. The molecule has 1 saturated heterocycles. The first-order valence-electron chi connectivity index (χ1n) is 9.44. The predicted octanol–water partition coefficient (Wildman–Crippen LogP) is 2.59. The number of carbonyl (C=O) groups excluding carboxylic acids is 3. The van der Waals surface area contributed by atoms with Crippen molar-refractivity contribution in [3.05, 3.63) is 29.0 Å². The van der Waals surface area contributed by atoms with Gasteiger partial charge >= 0.3 is 12.1 Å². The maximum absolute atomic E-state index is 13.3. The van der Waals surface area contributed by atoms with E-state index in [-0.39, 0.29) is 11.9 Å². The van der Waals surface area contributed by atoms with Gasteiger partial charge in [-0.25, -0.2) is 19.4 Å². The first-order valence-corrected chi connectivity index (χ1v) is 9.82. The number of amides is 4. The number of carbonyl (C=O) groups is 3. The molecular formula is C19H26ClFN4O5. The lowest BCUT2D eigenvalue weighted by Gasteiger charge is -2.32. The normalized spacial score (nSPS) is 14.6. The fourth-order valence-electron chi connectivity index (χ4n) is 2.64. The van der Waals surface area contributed by atoms with Crippen LogP contribution in [0.5, 0.6) is 5.75 Å². The smallest absolute Gasteiger partial charge is 0.408 e. The molecule has 0 spiro atoms. The molecule has 1 fully saturated rings. The predicted molar refractivity (Wildman–Crippen MR) is 108 cm³/mol. The number of hydrazine groups is 1. The summed E-state index contributed by atoms with van der Waals surface area (Å²) in [4.78, 5) is 36.9. The summed E-state index contributed by atoms with van der Waals surface area (Å²) in [6.07, 6.45) is 0.0938. The average Bonchev–Trinajstić information content (AvgIpc) is 2.66. The van der Waals surface area contributed by atoms with Gasteiger partial charge < -0.3 is 19.7 Å². The number of urea groups is 1. The van der Waals surface area contributed by atoms with Crippen LogP contribution < -0.4 is 20.9 Å². The molecule has 2 rings (SSSR count). The van der Waals surface area contributed by atoms with Gasteiger partial charge in [-0.15, -0.1) is 0 Å². The minimum atomic E-state index is -0.732. The van der Waals surface area contributed by atoms with E-state index in [1.807, 2.05) is 0 Å².